The van der Waals surface area contributed by atoms with Crippen molar-refractivity contribution in [3.63, 3.8) is 0 Å². The fourth-order valence-electron chi connectivity index (χ4n) is 3.54. The summed E-state index contributed by atoms with van der Waals surface area (Å²) in [6.45, 7) is 3.05. The molecule has 1 aliphatic carbocycles. The maximum absolute atomic E-state index is 12.7. The van der Waals surface area contributed by atoms with E-state index in [0.717, 1.165) is 12.8 Å². The van der Waals surface area contributed by atoms with E-state index in [2.05, 4.69) is 5.32 Å². The molecule has 30 heavy (non-hydrogen) atoms. The lowest BCUT2D eigenvalue weighted by atomic mass is 9.97. The Balaban J connectivity index is 1.51. The van der Waals surface area contributed by atoms with Gasteiger partial charge in [0.1, 0.15) is 0 Å². The third kappa shape index (κ3) is 5.58. The van der Waals surface area contributed by atoms with Gasteiger partial charge in [-0.15, -0.1) is 0 Å². The van der Waals surface area contributed by atoms with E-state index in [1.54, 1.807) is 43.1 Å². The second-order valence-electron chi connectivity index (χ2n) is 7.91. The summed E-state index contributed by atoms with van der Waals surface area (Å²) in [5.41, 5.74) is 0.999. The lowest BCUT2D eigenvalue weighted by Crippen LogP contribution is -2.45. The lowest BCUT2D eigenvalue weighted by Gasteiger charge is -2.32. The first-order chi connectivity index (χ1) is 14.4. The van der Waals surface area contributed by atoms with Gasteiger partial charge in [0.2, 0.25) is 11.8 Å². The van der Waals surface area contributed by atoms with Crippen LogP contribution in [0.5, 0.6) is 0 Å². The zero-order valence-electron chi connectivity index (χ0n) is 17.6. The average molecular weight is 415 g/mol. The molecule has 1 saturated heterocycles. The molecule has 0 bridgehead atoms. The van der Waals surface area contributed by atoms with Gasteiger partial charge in [0.05, 0.1) is 19.1 Å². The third-order valence-electron chi connectivity index (χ3n) is 5.51. The van der Waals surface area contributed by atoms with Gasteiger partial charge in [-0.05, 0) is 50.8 Å². The molecule has 2 fully saturated rings. The van der Waals surface area contributed by atoms with Gasteiger partial charge < -0.3 is 19.9 Å². The van der Waals surface area contributed by atoms with Crippen LogP contribution in [0.2, 0.25) is 0 Å². The zero-order chi connectivity index (χ0) is 21.7. The molecule has 162 valence electrons. The molecule has 1 saturated carbocycles. The van der Waals surface area contributed by atoms with Crippen LogP contribution in [0, 0.1) is 11.8 Å². The van der Waals surface area contributed by atoms with Crippen molar-refractivity contribution in [3.8, 4) is 0 Å². The summed E-state index contributed by atoms with van der Waals surface area (Å²) in [7, 11) is 1.58. The molecule has 8 heteroatoms. The van der Waals surface area contributed by atoms with Gasteiger partial charge in [-0.2, -0.15) is 0 Å². The Bertz CT molecular complexity index is 813. The number of nitrogens with zero attached hydrogens (tertiary/aromatic N) is 2. The number of carbonyl (C=O) groups excluding carboxylic acids is 4. The predicted octanol–water partition coefficient (Wildman–Crippen LogP) is 1.91. The number of likely N-dealkylation sites (tertiary alicyclic amines) is 1. The summed E-state index contributed by atoms with van der Waals surface area (Å²) in [6.07, 6.45) is 2.97. The van der Waals surface area contributed by atoms with Gasteiger partial charge in [-0.3, -0.25) is 19.2 Å². The van der Waals surface area contributed by atoms with Gasteiger partial charge in [-0.25, -0.2) is 0 Å². The highest BCUT2D eigenvalue weighted by molar-refractivity contribution is 5.99. The topological polar surface area (TPSA) is 96.0 Å². The molecule has 2 aliphatic rings. The minimum atomic E-state index is -0.285. The first-order valence-corrected chi connectivity index (χ1v) is 10.5. The Labute approximate surface area is 176 Å². The zero-order valence-corrected chi connectivity index (χ0v) is 17.6. The summed E-state index contributed by atoms with van der Waals surface area (Å²) in [4.78, 5) is 52.2. The third-order valence-corrected chi connectivity index (χ3v) is 5.51. The monoisotopic (exact) mass is 415 g/mol. The number of carbonyl (C=O) groups is 4. The van der Waals surface area contributed by atoms with Gasteiger partial charge in [0.25, 0.3) is 5.91 Å². The maximum Gasteiger partial charge on any atom is 0.309 e. The Morgan fingerprint density at radius 1 is 1.10 bits per heavy atom. The molecular weight excluding hydrogens is 386 g/mol. The largest absolute Gasteiger partial charge is 0.466 e. The van der Waals surface area contributed by atoms with E-state index in [4.69, 9.17) is 4.74 Å². The van der Waals surface area contributed by atoms with Crippen molar-refractivity contribution in [2.24, 2.45) is 11.8 Å². The first-order valence-electron chi connectivity index (χ1n) is 10.5. The molecule has 1 heterocycles. The summed E-state index contributed by atoms with van der Waals surface area (Å²) in [6, 6.07) is 6.76. The molecule has 1 aromatic carbocycles. The van der Waals surface area contributed by atoms with E-state index in [0.29, 0.717) is 43.8 Å². The minimum absolute atomic E-state index is 0.0191. The molecule has 1 aromatic rings. The lowest BCUT2D eigenvalue weighted by molar-refractivity contribution is -0.151. The van der Waals surface area contributed by atoms with E-state index < -0.39 is 0 Å². The highest BCUT2D eigenvalue weighted by Crippen LogP contribution is 2.30. The van der Waals surface area contributed by atoms with Crippen molar-refractivity contribution in [1.29, 1.82) is 0 Å². The highest BCUT2D eigenvalue weighted by Gasteiger charge is 2.30. The van der Waals surface area contributed by atoms with Crippen LogP contribution in [0.25, 0.3) is 0 Å². The summed E-state index contributed by atoms with van der Waals surface area (Å²) in [5.74, 6) is -0.738. The van der Waals surface area contributed by atoms with Crippen LogP contribution in [0.4, 0.5) is 5.69 Å². The summed E-state index contributed by atoms with van der Waals surface area (Å²) in [5, 5.41) is 2.83. The van der Waals surface area contributed by atoms with Gasteiger partial charge >= 0.3 is 5.97 Å². The highest BCUT2D eigenvalue weighted by atomic mass is 16.5. The molecular formula is C22H29N3O5. The number of piperidine rings is 1. The Morgan fingerprint density at radius 2 is 1.80 bits per heavy atom. The average Bonchev–Trinajstić information content (AvgIpc) is 3.59. The van der Waals surface area contributed by atoms with Crippen molar-refractivity contribution < 1.29 is 23.9 Å². The SMILES string of the molecule is CCOC(=O)C1CCN(C(=O)CN(C)C(=O)c2cccc(NC(=O)C3CC3)c2)CC1. The number of hydrogen-bond acceptors (Lipinski definition) is 5. The number of rotatable bonds is 7. The standard InChI is InChI=1S/C22H29N3O5/c1-3-30-22(29)16-9-11-25(12-10-16)19(26)14-24(2)21(28)17-5-4-6-18(13-17)23-20(27)15-7-8-15/h4-6,13,15-16H,3,7-12,14H2,1-2H3,(H,23,27). The second kappa shape index (κ2) is 9.73. The van der Waals surface area contributed by atoms with Crippen LogP contribution >= 0.6 is 0 Å². The number of amides is 3. The van der Waals surface area contributed by atoms with Crippen LogP contribution in [-0.4, -0.2) is 66.8 Å². The molecule has 0 radical (unpaired) electrons. The van der Waals surface area contributed by atoms with E-state index in [9.17, 15) is 19.2 Å². The quantitative estimate of drug-likeness (QED) is 0.687. The molecule has 8 nitrogen and oxygen atoms in total. The normalized spacial score (nSPS) is 16.7. The number of nitrogens with one attached hydrogen (secondary N) is 1. The van der Waals surface area contributed by atoms with Crippen molar-refractivity contribution in [3.05, 3.63) is 29.8 Å². The summed E-state index contributed by atoms with van der Waals surface area (Å²) < 4.78 is 5.05. The number of ether oxygens (including phenoxy) is 1. The number of hydrogen-bond donors (Lipinski definition) is 1. The van der Waals surface area contributed by atoms with Crippen molar-refractivity contribution >= 4 is 29.4 Å². The van der Waals surface area contributed by atoms with Crippen LogP contribution in [0.1, 0.15) is 43.0 Å². The van der Waals surface area contributed by atoms with Crippen LogP contribution in [0.15, 0.2) is 24.3 Å². The van der Waals surface area contributed by atoms with Crippen LogP contribution in [-0.2, 0) is 19.1 Å². The number of benzene rings is 1. The Morgan fingerprint density at radius 3 is 2.43 bits per heavy atom. The fraction of sp³-hybridized carbons (Fsp3) is 0.545. The van der Waals surface area contributed by atoms with Gasteiger partial charge in [0, 0.05) is 37.3 Å². The van der Waals surface area contributed by atoms with Gasteiger partial charge in [-0.1, -0.05) is 6.07 Å². The smallest absolute Gasteiger partial charge is 0.309 e. The van der Waals surface area contributed by atoms with E-state index >= 15 is 0 Å². The molecule has 3 amide bonds. The molecule has 1 N–H and O–H groups in total. The Hall–Kier alpha value is -2.90. The predicted molar refractivity (Wildman–Crippen MR) is 111 cm³/mol. The first kappa shape index (κ1) is 21.8. The van der Waals surface area contributed by atoms with Crippen molar-refractivity contribution in [2.75, 3.05) is 38.6 Å². The maximum atomic E-state index is 12.7. The molecule has 1 aliphatic heterocycles. The van der Waals surface area contributed by atoms with Crippen LogP contribution in [0.3, 0.4) is 0 Å². The molecule has 0 unspecified atom stereocenters. The minimum Gasteiger partial charge on any atom is -0.466 e. The fourth-order valence-corrected chi connectivity index (χ4v) is 3.54. The molecule has 0 aromatic heterocycles. The second-order valence-corrected chi connectivity index (χ2v) is 7.91. The van der Waals surface area contributed by atoms with E-state index in [1.807, 2.05) is 0 Å². The van der Waals surface area contributed by atoms with E-state index in [1.165, 1.54) is 4.90 Å². The molecule has 0 atom stereocenters. The van der Waals surface area contributed by atoms with E-state index in [-0.39, 0.29) is 42.1 Å². The summed E-state index contributed by atoms with van der Waals surface area (Å²) >= 11 is 0. The van der Waals surface area contributed by atoms with Crippen LogP contribution < -0.4 is 5.32 Å². The molecule has 3 rings (SSSR count). The van der Waals surface area contributed by atoms with Crippen molar-refractivity contribution in [1.82, 2.24) is 9.80 Å². The van der Waals surface area contributed by atoms with Crippen molar-refractivity contribution in [2.45, 2.75) is 32.6 Å². The Kier molecular flexibility index (Phi) is 7.07. The van der Waals surface area contributed by atoms with Gasteiger partial charge in [0.15, 0.2) is 0 Å². The number of likely N-dealkylation sites (N-methyl/N-ethyl adjacent to an activating group) is 1. The number of esters is 1. The number of anilines is 1. The molecule has 0 spiro atoms.